The standard InChI is InChI=1S/C31H34N2O6/c1-20-17-23(39-19-21-9-7-6-8-10-21)12-13-24(20)29(34)27-28(22-11-14-25(37-4)26(18-22)38-5)33(16-15-32(2)3)31(36)30(27)35/h6-14,17-18,28,34H,15-16,19H2,1-5H3/t28-/m0/s1. The second kappa shape index (κ2) is 12.0. The van der Waals surface area contributed by atoms with Gasteiger partial charge in [-0.25, -0.2) is 0 Å². The molecule has 204 valence electrons. The van der Waals surface area contributed by atoms with Crippen molar-refractivity contribution in [3.8, 4) is 17.2 Å². The van der Waals surface area contributed by atoms with Crippen molar-refractivity contribution in [3.63, 3.8) is 0 Å². The second-order valence-corrected chi connectivity index (χ2v) is 9.66. The third kappa shape index (κ3) is 5.91. The molecule has 1 fully saturated rings. The highest BCUT2D eigenvalue weighted by Crippen LogP contribution is 2.42. The van der Waals surface area contributed by atoms with Crippen molar-refractivity contribution in [1.29, 1.82) is 0 Å². The largest absolute Gasteiger partial charge is 0.507 e. The first-order valence-corrected chi connectivity index (χ1v) is 12.7. The quantitative estimate of drug-likeness (QED) is 0.233. The number of rotatable bonds is 10. The van der Waals surface area contributed by atoms with Gasteiger partial charge in [-0.05, 0) is 68.0 Å². The number of benzene rings is 3. The van der Waals surface area contributed by atoms with E-state index < -0.39 is 17.7 Å². The molecule has 0 aromatic heterocycles. The van der Waals surface area contributed by atoms with E-state index in [1.54, 1.807) is 30.3 Å². The summed E-state index contributed by atoms with van der Waals surface area (Å²) in [5, 5.41) is 11.5. The van der Waals surface area contributed by atoms with Gasteiger partial charge in [0.2, 0.25) is 0 Å². The number of aryl methyl sites for hydroxylation is 1. The number of Topliss-reactive ketones (excluding diaryl/α,β-unsaturated/α-hetero) is 1. The average Bonchev–Trinajstić information content (AvgIpc) is 3.19. The Balaban J connectivity index is 1.74. The number of likely N-dealkylation sites (N-methyl/N-ethyl adjacent to an activating group) is 1. The van der Waals surface area contributed by atoms with Gasteiger partial charge >= 0.3 is 0 Å². The molecule has 1 saturated heterocycles. The molecule has 0 aliphatic carbocycles. The van der Waals surface area contributed by atoms with Crippen molar-refractivity contribution >= 4 is 17.4 Å². The minimum absolute atomic E-state index is 0.0343. The fraction of sp³-hybridized carbons (Fsp3) is 0.290. The molecule has 4 rings (SSSR count). The van der Waals surface area contributed by atoms with Crippen LogP contribution in [-0.4, -0.2) is 68.0 Å². The number of likely N-dealkylation sites (tertiary alicyclic amines) is 1. The molecule has 39 heavy (non-hydrogen) atoms. The van der Waals surface area contributed by atoms with E-state index in [1.807, 2.05) is 62.3 Å². The van der Waals surface area contributed by atoms with Crippen molar-refractivity contribution in [1.82, 2.24) is 9.80 Å². The Kier molecular flexibility index (Phi) is 8.56. The highest BCUT2D eigenvalue weighted by atomic mass is 16.5. The minimum Gasteiger partial charge on any atom is -0.507 e. The SMILES string of the molecule is COc1ccc([C@H]2C(=C(O)c3ccc(OCc4ccccc4)cc3C)C(=O)C(=O)N2CCN(C)C)cc1OC. The first-order chi connectivity index (χ1) is 18.7. The Hall–Kier alpha value is -4.30. The molecule has 8 heteroatoms. The fourth-order valence-corrected chi connectivity index (χ4v) is 4.67. The van der Waals surface area contributed by atoms with E-state index in [0.29, 0.717) is 53.6 Å². The lowest BCUT2D eigenvalue weighted by molar-refractivity contribution is -0.140. The van der Waals surface area contributed by atoms with Gasteiger partial charge in [0.25, 0.3) is 11.7 Å². The molecule has 1 N–H and O–H groups in total. The monoisotopic (exact) mass is 530 g/mol. The summed E-state index contributed by atoms with van der Waals surface area (Å²) in [6.45, 7) is 3.09. The van der Waals surface area contributed by atoms with E-state index in [9.17, 15) is 14.7 Å². The molecule has 1 atom stereocenters. The summed E-state index contributed by atoms with van der Waals surface area (Å²) in [4.78, 5) is 30.0. The molecule has 0 spiro atoms. The van der Waals surface area contributed by atoms with Crippen LogP contribution >= 0.6 is 0 Å². The second-order valence-electron chi connectivity index (χ2n) is 9.66. The highest BCUT2D eigenvalue weighted by molar-refractivity contribution is 6.46. The van der Waals surface area contributed by atoms with Crippen LogP contribution in [-0.2, 0) is 16.2 Å². The van der Waals surface area contributed by atoms with Crippen LogP contribution in [0.1, 0.15) is 28.3 Å². The number of ketones is 1. The third-order valence-electron chi connectivity index (χ3n) is 6.75. The molecule has 0 unspecified atom stereocenters. The lowest BCUT2D eigenvalue weighted by atomic mass is 9.93. The van der Waals surface area contributed by atoms with Crippen LogP contribution < -0.4 is 14.2 Å². The number of hydrogen-bond acceptors (Lipinski definition) is 7. The molecule has 1 heterocycles. The minimum atomic E-state index is -0.793. The maximum atomic E-state index is 13.4. The zero-order valence-electron chi connectivity index (χ0n) is 22.9. The van der Waals surface area contributed by atoms with E-state index in [4.69, 9.17) is 14.2 Å². The van der Waals surface area contributed by atoms with Gasteiger partial charge in [-0.1, -0.05) is 36.4 Å². The highest BCUT2D eigenvalue weighted by Gasteiger charge is 2.46. The van der Waals surface area contributed by atoms with Crippen molar-refractivity contribution in [2.24, 2.45) is 0 Å². The zero-order chi connectivity index (χ0) is 28.1. The van der Waals surface area contributed by atoms with E-state index in [-0.39, 0.29) is 11.3 Å². The van der Waals surface area contributed by atoms with E-state index >= 15 is 0 Å². The van der Waals surface area contributed by atoms with Gasteiger partial charge in [-0.3, -0.25) is 9.59 Å². The van der Waals surface area contributed by atoms with Crippen molar-refractivity contribution in [2.75, 3.05) is 41.4 Å². The Bertz CT molecular complexity index is 1380. The van der Waals surface area contributed by atoms with E-state index in [1.165, 1.54) is 19.1 Å². The zero-order valence-corrected chi connectivity index (χ0v) is 22.9. The number of ether oxygens (including phenoxy) is 3. The lowest BCUT2D eigenvalue weighted by Crippen LogP contribution is -2.35. The Morgan fingerprint density at radius 2 is 1.67 bits per heavy atom. The topological polar surface area (TPSA) is 88.5 Å². The normalized spacial score (nSPS) is 16.6. The van der Waals surface area contributed by atoms with Gasteiger partial charge in [0.05, 0.1) is 25.8 Å². The molecular weight excluding hydrogens is 496 g/mol. The summed E-state index contributed by atoms with van der Waals surface area (Å²) in [7, 11) is 6.85. The molecule has 1 amide bonds. The molecular formula is C31H34N2O6. The van der Waals surface area contributed by atoms with Crippen molar-refractivity contribution < 1.29 is 28.9 Å². The molecule has 8 nitrogen and oxygen atoms in total. The summed E-state index contributed by atoms with van der Waals surface area (Å²) < 4.78 is 16.8. The average molecular weight is 531 g/mol. The van der Waals surface area contributed by atoms with Gasteiger partial charge in [0.15, 0.2) is 11.5 Å². The van der Waals surface area contributed by atoms with Crippen molar-refractivity contribution in [3.05, 3.63) is 94.6 Å². The predicted octanol–water partition coefficient (Wildman–Crippen LogP) is 4.57. The van der Waals surface area contributed by atoms with Gasteiger partial charge in [0.1, 0.15) is 18.1 Å². The molecule has 3 aromatic rings. The smallest absolute Gasteiger partial charge is 0.295 e. The number of hydrogen-bond donors (Lipinski definition) is 1. The first-order valence-electron chi connectivity index (χ1n) is 12.7. The molecule has 3 aromatic carbocycles. The number of amides is 1. The molecule has 0 saturated carbocycles. The Morgan fingerprint density at radius 1 is 0.949 bits per heavy atom. The summed E-state index contributed by atoms with van der Waals surface area (Å²) >= 11 is 0. The Labute approximate surface area is 229 Å². The van der Waals surface area contributed by atoms with Gasteiger partial charge < -0.3 is 29.1 Å². The molecule has 0 bridgehead atoms. The predicted molar refractivity (Wildman–Crippen MR) is 149 cm³/mol. The van der Waals surface area contributed by atoms with Gasteiger partial charge in [-0.15, -0.1) is 0 Å². The van der Waals surface area contributed by atoms with Crippen LogP contribution in [0.25, 0.3) is 5.76 Å². The number of nitrogens with zero attached hydrogens (tertiary/aromatic N) is 2. The van der Waals surface area contributed by atoms with Crippen LogP contribution in [0.5, 0.6) is 17.2 Å². The van der Waals surface area contributed by atoms with E-state index in [2.05, 4.69) is 0 Å². The lowest BCUT2D eigenvalue weighted by Gasteiger charge is -2.27. The third-order valence-corrected chi connectivity index (χ3v) is 6.75. The number of carbonyl (C=O) groups excluding carboxylic acids is 2. The summed E-state index contributed by atoms with van der Waals surface area (Å²) in [6.07, 6.45) is 0. The van der Waals surface area contributed by atoms with E-state index in [0.717, 1.165) is 5.56 Å². The molecule has 1 aliphatic heterocycles. The first kappa shape index (κ1) is 27.7. The number of aliphatic hydroxyl groups excluding tert-OH is 1. The van der Waals surface area contributed by atoms with Crippen LogP contribution in [0.4, 0.5) is 0 Å². The number of aliphatic hydroxyl groups is 1. The summed E-state index contributed by atoms with van der Waals surface area (Å²) in [6, 6.07) is 19.5. The van der Waals surface area contributed by atoms with Crippen LogP contribution in [0.15, 0.2) is 72.3 Å². The van der Waals surface area contributed by atoms with Crippen molar-refractivity contribution in [2.45, 2.75) is 19.6 Å². The maximum Gasteiger partial charge on any atom is 0.295 e. The van der Waals surface area contributed by atoms with Crippen LogP contribution in [0.2, 0.25) is 0 Å². The Morgan fingerprint density at radius 3 is 2.31 bits per heavy atom. The number of methoxy groups -OCH3 is 2. The van der Waals surface area contributed by atoms with Crippen LogP contribution in [0, 0.1) is 6.92 Å². The maximum absolute atomic E-state index is 13.4. The number of carbonyl (C=O) groups is 2. The fourth-order valence-electron chi connectivity index (χ4n) is 4.67. The summed E-state index contributed by atoms with van der Waals surface area (Å²) in [5.41, 5.74) is 2.87. The molecule has 1 aliphatic rings. The van der Waals surface area contributed by atoms with Gasteiger partial charge in [-0.2, -0.15) is 0 Å². The van der Waals surface area contributed by atoms with Gasteiger partial charge in [0, 0.05) is 18.7 Å². The van der Waals surface area contributed by atoms with Crippen LogP contribution in [0.3, 0.4) is 0 Å². The molecule has 0 radical (unpaired) electrons. The summed E-state index contributed by atoms with van der Waals surface area (Å²) in [5.74, 6) is 0.00889.